The second-order valence-corrected chi connectivity index (χ2v) is 7.66. The lowest BCUT2D eigenvalue weighted by molar-refractivity contribution is 0.276. The van der Waals surface area contributed by atoms with E-state index >= 15 is 0 Å². The van der Waals surface area contributed by atoms with E-state index in [1.807, 2.05) is 11.3 Å². The van der Waals surface area contributed by atoms with Gasteiger partial charge in [0.1, 0.15) is 0 Å². The predicted octanol–water partition coefficient (Wildman–Crippen LogP) is 4.76. The van der Waals surface area contributed by atoms with Crippen molar-refractivity contribution in [3.8, 4) is 0 Å². The Balaban J connectivity index is 1.59. The Morgan fingerprint density at radius 3 is 2.86 bits per heavy atom. The maximum absolute atomic E-state index is 5.76. The summed E-state index contributed by atoms with van der Waals surface area (Å²) in [4.78, 5) is 3.99. The number of para-hydroxylation sites is 1. The van der Waals surface area contributed by atoms with Gasteiger partial charge >= 0.3 is 0 Å². The number of hydrogen-bond donors (Lipinski definition) is 1. The van der Waals surface area contributed by atoms with Gasteiger partial charge in [-0.15, -0.1) is 11.3 Å². The summed E-state index contributed by atoms with van der Waals surface area (Å²) < 4.78 is 0. The molecule has 2 nitrogen and oxygen atoms in total. The zero-order chi connectivity index (χ0) is 15.1. The molecule has 2 aliphatic rings. The van der Waals surface area contributed by atoms with Crippen molar-refractivity contribution in [1.82, 2.24) is 4.90 Å². The molecule has 1 aromatic carbocycles. The number of anilines is 1. The zero-order valence-corrected chi connectivity index (χ0v) is 14.3. The molecule has 1 saturated carbocycles. The van der Waals surface area contributed by atoms with Crippen LogP contribution in [-0.4, -0.2) is 16.6 Å². The number of benzene rings is 1. The minimum Gasteiger partial charge on any atom is -0.341 e. The summed E-state index contributed by atoms with van der Waals surface area (Å²) in [5.74, 6) is 0.783. The van der Waals surface area contributed by atoms with Gasteiger partial charge in [-0.2, -0.15) is 0 Å². The van der Waals surface area contributed by atoms with Gasteiger partial charge < -0.3 is 10.2 Å². The average Bonchev–Trinajstić information content (AvgIpc) is 3.25. The smallest absolute Gasteiger partial charge is 0.173 e. The second-order valence-electron chi connectivity index (χ2n) is 6.27. The van der Waals surface area contributed by atoms with Crippen molar-refractivity contribution < 1.29 is 0 Å². The molecule has 22 heavy (non-hydrogen) atoms. The Morgan fingerprint density at radius 1 is 1.27 bits per heavy atom. The summed E-state index contributed by atoms with van der Waals surface area (Å²) in [6.45, 7) is 3.16. The summed E-state index contributed by atoms with van der Waals surface area (Å²) in [6.07, 6.45) is 3.79. The Morgan fingerprint density at radius 2 is 2.09 bits per heavy atom. The van der Waals surface area contributed by atoms with E-state index in [1.165, 1.54) is 24.0 Å². The SMILES string of the molecule is Cc1ccccc1NC(=S)N1CCc2sccc2[C@H]1C1CC1. The van der Waals surface area contributed by atoms with Crippen LogP contribution in [0.15, 0.2) is 35.7 Å². The van der Waals surface area contributed by atoms with Crippen molar-refractivity contribution in [3.05, 3.63) is 51.7 Å². The molecule has 0 unspecified atom stereocenters. The fourth-order valence-corrected chi connectivity index (χ4v) is 4.62. The molecule has 0 amide bonds. The predicted molar refractivity (Wildman–Crippen MR) is 97.6 cm³/mol. The first-order valence-corrected chi connectivity index (χ1v) is 9.22. The number of nitrogens with one attached hydrogen (secondary N) is 1. The molecule has 1 fully saturated rings. The molecule has 4 rings (SSSR count). The van der Waals surface area contributed by atoms with Crippen molar-refractivity contribution in [2.75, 3.05) is 11.9 Å². The van der Waals surface area contributed by atoms with Gasteiger partial charge in [-0.3, -0.25) is 0 Å². The fourth-order valence-electron chi connectivity index (χ4n) is 3.39. The number of rotatable bonds is 2. The van der Waals surface area contributed by atoms with Crippen LogP contribution >= 0.6 is 23.6 Å². The first-order chi connectivity index (χ1) is 10.7. The number of nitrogens with zero attached hydrogens (tertiary/aromatic N) is 1. The van der Waals surface area contributed by atoms with E-state index in [2.05, 4.69) is 52.9 Å². The van der Waals surface area contributed by atoms with Gasteiger partial charge in [0.15, 0.2) is 5.11 Å². The van der Waals surface area contributed by atoms with Crippen LogP contribution in [-0.2, 0) is 6.42 Å². The van der Waals surface area contributed by atoms with E-state index in [-0.39, 0.29) is 0 Å². The molecule has 1 atom stereocenters. The van der Waals surface area contributed by atoms with Crippen molar-refractivity contribution in [1.29, 1.82) is 0 Å². The minimum atomic E-state index is 0.485. The molecular weight excluding hydrogens is 308 g/mol. The third-order valence-electron chi connectivity index (χ3n) is 4.73. The summed E-state index contributed by atoms with van der Waals surface area (Å²) in [6, 6.07) is 11.1. The first kappa shape index (κ1) is 14.2. The van der Waals surface area contributed by atoms with Crippen molar-refractivity contribution in [2.45, 2.75) is 32.2 Å². The lowest BCUT2D eigenvalue weighted by Gasteiger charge is -2.38. The quantitative estimate of drug-likeness (QED) is 0.800. The molecule has 1 aliphatic heterocycles. The van der Waals surface area contributed by atoms with Crippen LogP contribution in [0.3, 0.4) is 0 Å². The van der Waals surface area contributed by atoms with Crippen LogP contribution in [0.1, 0.15) is 34.9 Å². The topological polar surface area (TPSA) is 15.3 Å². The van der Waals surface area contributed by atoms with Crippen LogP contribution in [0.2, 0.25) is 0 Å². The Bertz CT molecular complexity index is 703. The van der Waals surface area contributed by atoms with Gasteiger partial charge in [0.2, 0.25) is 0 Å². The highest BCUT2D eigenvalue weighted by Gasteiger charge is 2.40. The highest BCUT2D eigenvalue weighted by molar-refractivity contribution is 7.80. The maximum atomic E-state index is 5.76. The Kier molecular flexibility index (Phi) is 3.66. The molecule has 0 radical (unpaired) electrons. The summed E-state index contributed by atoms with van der Waals surface area (Å²) in [5, 5.41) is 6.59. The maximum Gasteiger partial charge on any atom is 0.173 e. The molecule has 2 heterocycles. The monoisotopic (exact) mass is 328 g/mol. The molecule has 1 N–H and O–H groups in total. The molecule has 0 bridgehead atoms. The molecule has 4 heteroatoms. The van der Waals surface area contributed by atoms with Crippen LogP contribution in [0.5, 0.6) is 0 Å². The zero-order valence-electron chi connectivity index (χ0n) is 12.7. The van der Waals surface area contributed by atoms with Gasteiger partial charge in [0, 0.05) is 17.1 Å². The molecule has 1 aliphatic carbocycles. The van der Waals surface area contributed by atoms with Gasteiger partial charge in [-0.1, -0.05) is 18.2 Å². The van der Waals surface area contributed by atoms with Crippen molar-refractivity contribution in [2.24, 2.45) is 5.92 Å². The Labute approximate surface area is 141 Å². The van der Waals surface area contributed by atoms with E-state index < -0.39 is 0 Å². The van der Waals surface area contributed by atoms with E-state index in [1.54, 1.807) is 4.88 Å². The van der Waals surface area contributed by atoms with E-state index in [9.17, 15) is 0 Å². The molecule has 0 saturated heterocycles. The van der Waals surface area contributed by atoms with E-state index in [4.69, 9.17) is 12.2 Å². The summed E-state index contributed by atoms with van der Waals surface area (Å²) in [5.41, 5.74) is 3.88. The molecule has 0 spiro atoms. The number of thiophene rings is 1. The average molecular weight is 329 g/mol. The number of hydrogen-bond acceptors (Lipinski definition) is 2. The Hall–Kier alpha value is -1.39. The van der Waals surface area contributed by atoms with Gasteiger partial charge in [0.05, 0.1) is 6.04 Å². The standard InChI is InChI=1S/C18H20N2S2/c1-12-4-2-3-5-15(12)19-18(21)20-10-8-16-14(9-11-22-16)17(20)13-6-7-13/h2-5,9,11,13,17H,6-8,10H2,1H3,(H,19,21)/t17-/m1/s1. The lowest BCUT2D eigenvalue weighted by atomic mass is 9.96. The third-order valence-corrected chi connectivity index (χ3v) is 6.06. The second kappa shape index (κ2) is 5.67. The van der Waals surface area contributed by atoms with Crippen LogP contribution < -0.4 is 5.32 Å². The van der Waals surface area contributed by atoms with E-state index in [0.29, 0.717) is 6.04 Å². The van der Waals surface area contributed by atoms with Crippen molar-refractivity contribution in [3.63, 3.8) is 0 Å². The summed E-state index contributed by atoms with van der Waals surface area (Å²) in [7, 11) is 0. The highest BCUT2D eigenvalue weighted by atomic mass is 32.1. The first-order valence-electron chi connectivity index (χ1n) is 7.93. The molecule has 1 aromatic heterocycles. The lowest BCUT2D eigenvalue weighted by Crippen LogP contribution is -2.42. The van der Waals surface area contributed by atoms with Crippen LogP contribution in [0, 0.1) is 12.8 Å². The number of aryl methyl sites for hydroxylation is 1. The summed E-state index contributed by atoms with van der Waals surface area (Å²) >= 11 is 7.67. The number of thiocarbonyl (C=S) groups is 1. The fraction of sp³-hybridized carbons (Fsp3) is 0.389. The van der Waals surface area contributed by atoms with Gasteiger partial charge in [0.25, 0.3) is 0 Å². The number of fused-ring (bicyclic) bond motifs is 1. The third kappa shape index (κ3) is 2.55. The molecule has 2 aromatic rings. The molecule has 114 valence electrons. The van der Waals surface area contributed by atoms with Gasteiger partial charge in [-0.25, -0.2) is 0 Å². The largest absolute Gasteiger partial charge is 0.341 e. The van der Waals surface area contributed by atoms with Crippen LogP contribution in [0.4, 0.5) is 5.69 Å². The van der Waals surface area contributed by atoms with Gasteiger partial charge in [-0.05, 0) is 73.0 Å². The van der Waals surface area contributed by atoms with Crippen molar-refractivity contribution >= 4 is 34.4 Å². The highest BCUT2D eigenvalue weighted by Crippen LogP contribution is 2.48. The minimum absolute atomic E-state index is 0.485. The molecular formula is C18H20N2S2. The van der Waals surface area contributed by atoms with E-state index in [0.717, 1.165) is 29.7 Å². The normalized spacial score (nSPS) is 20.6. The van der Waals surface area contributed by atoms with Crippen LogP contribution in [0.25, 0.3) is 0 Å².